The number of rotatable bonds is 7. The highest BCUT2D eigenvalue weighted by atomic mass is 35.5. The van der Waals surface area contributed by atoms with Gasteiger partial charge in [-0.1, -0.05) is 41.9 Å². The standard InChI is InChI=1S/C22H24ClN3O4/c1-4-29-21(27)16-13(2)26-14(3)17(18(16)19-20(23)25-12-24-19)22(28)30-11-10-15-8-6-5-7-9-15/h5-9,12,18,26H,4,10-11H2,1-3H3,(H,24,25). The summed E-state index contributed by atoms with van der Waals surface area (Å²) in [6, 6.07) is 9.74. The maximum absolute atomic E-state index is 13.1. The molecule has 7 nitrogen and oxygen atoms in total. The minimum Gasteiger partial charge on any atom is -0.463 e. The first-order chi connectivity index (χ1) is 14.4. The molecule has 158 valence electrons. The lowest BCUT2D eigenvalue weighted by atomic mass is 9.83. The number of nitrogens with zero attached hydrogens (tertiary/aromatic N) is 1. The van der Waals surface area contributed by atoms with Crippen LogP contribution < -0.4 is 5.32 Å². The predicted octanol–water partition coefficient (Wildman–Crippen LogP) is 3.65. The number of halogens is 1. The van der Waals surface area contributed by atoms with Crippen LogP contribution in [0.3, 0.4) is 0 Å². The van der Waals surface area contributed by atoms with Crippen molar-refractivity contribution in [1.82, 2.24) is 15.3 Å². The van der Waals surface area contributed by atoms with E-state index >= 15 is 0 Å². The first-order valence-corrected chi connectivity index (χ1v) is 10.1. The number of hydrogen-bond donors (Lipinski definition) is 2. The molecule has 8 heteroatoms. The van der Waals surface area contributed by atoms with Crippen LogP contribution in [0.5, 0.6) is 0 Å². The number of aromatic amines is 1. The highest BCUT2D eigenvalue weighted by Crippen LogP contribution is 2.40. The van der Waals surface area contributed by atoms with Gasteiger partial charge in [0.15, 0.2) is 5.15 Å². The number of carbonyl (C=O) groups excluding carboxylic acids is 2. The van der Waals surface area contributed by atoms with E-state index in [2.05, 4.69) is 15.3 Å². The minimum atomic E-state index is -0.774. The zero-order chi connectivity index (χ0) is 21.7. The summed E-state index contributed by atoms with van der Waals surface area (Å²) in [5.41, 5.74) is 3.26. The maximum atomic E-state index is 13.1. The van der Waals surface area contributed by atoms with Gasteiger partial charge < -0.3 is 19.8 Å². The van der Waals surface area contributed by atoms with Crippen LogP contribution in [0.1, 0.15) is 37.9 Å². The second-order valence-corrected chi connectivity index (χ2v) is 7.19. The number of nitrogens with one attached hydrogen (secondary N) is 2. The van der Waals surface area contributed by atoms with Gasteiger partial charge in [-0.3, -0.25) is 0 Å². The highest BCUT2D eigenvalue weighted by Gasteiger charge is 2.39. The van der Waals surface area contributed by atoms with Gasteiger partial charge in [-0.2, -0.15) is 0 Å². The van der Waals surface area contributed by atoms with Crippen LogP contribution in [0.2, 0.25) is 5.15 Å². The minimum absolute atomic E-state index is 0.180. The summed E-state index contributed by atoms with van der Waals surface area (Å²) in [4.78, 5) is 32.8. The van der Waals surface area contributed by atoms with Crippen LogP contribution >= 0.6 is 11.6 Å². The van der Waals surface area contributed by atoms with E-state index < -0.39 is 17.9 Å². The van der Waals surface area contributed by atoms with Crippen molar-refractivity contribution in [2.75, 3.05) is 13.2 Å². The number of H-pyrrole nitrogens is 1. The molecule has 2 N–H and O–H groups in total. The van der Waals surface area contributed by atoms with Crippen molar-refractivity contribution >= 4 is 23.5 Å². The number of aromatic nitrogens is 2. The Labute approximate surface area is 180 Å². The SMILES string of the molecule is CCOC(=O)C1=C(C)NC(C)=C(C(=O)OCCc2ccccc2)C1c1[nH]cnc1Cl. The maximum Gasteiger partial charge on any atom is 0.336 e. The van der Waals surface area contributed by atoms with E-state index in [1.54, 1.807) is 20.8 Å². The molecule has 1 aliphatic heterocycles. The molecule has 0 saturated heterocycles. The summed E-state index contributed by atoms with van der Waals surface area (Å²) >= 11 is 6.26. The van der Waals surface area contributed by atoms with Crippen LogP contribution in [0.15, 0.2) is 59.2 Å². The van der Waals surface area contributed by atoms with Crippen molar-refractivity contribution in [3.63, 3.8) is 0 Å². The highest BCUT2D eigenvalue weighted by molar-refractivity contribution is 6.30. The van der Waals surface area contributed by atoms with E-state index in [1.807, 2.05) is 30.3 Å². The van der Waals surface area contributed by atoms with E-state index in [4.69, 9.17) is 21.1 Å². The largest absolute Gasteiger partial charge is 0.463 e. The predicted molar refractivity (Wildman–Crippen MR) is 113 cm³/mol. The number of benzene rings is 1. The Hall–Kier alpha value is -3.06. The quantitative estimate of drug-likeness (QED) is 0.652. The fourth-order valence-electron chi connectivity index (χ4n) is 3.51. The van der Waals surface area contributed by atoms with Gasteiger partial charge in [-0.05, 0) is 26.3 Å². The number of dihydropyridines is 1. The second-order valence-electron chi connectivity index (χ2n) is 6.83. The summed E-state index contributed by atoms with van der Waals surface area (Å²) in [6.45, 7) is 5.65. The van der Waals surface area contributed by atoms with Gasteiger partial charge in [0.2, 0.25) is 0 Å². The average molecular weight is 430 g/mol. The third kappa shape index (κ3) is 4.57. The Morgan fingerprint density at radius 2 is 1.70 bits per heavy atom. The number of ether oxygens (including phenoxy) is 2. The van der Waals surface area contributed by atoms with E-state index in [0.29, 0.717) is 34.7 Å². The fraction of sp³-hybridized carbons (Fsp3) is 0.318. The Kier molecular flexibility index (Phi) is 6.95. The molecule has 0 radical (unpaired) electrons. The molecule has 1 unspecified atom stereocenters. The van der Waals surface area contributed by atoms with Crippen molar-refractivity contribution in [2.24, 2.45) is 0 Å². The number of allylic oxidation sites excluding steroid dienone is 2. The molecule has 0 aliphatic carbocycles. The number of hydrogen-bond acceptors (Lipinski definition) is 6. The summed E-state index contributed by atoms with van der Waals surface area (Å²) in [6.07, 6.45) is 2.01. The van der Waals surface area contributed by atoms with Gasteiger partial charge in [-0.15, -0.1) is 0 Å². The molecule has 0 saturated carbocycles. The molecule has 1 aromatic carbocycles. The Morgan fingerprint density at radius 1 is 1.07 bits per heavy atom. The molecule has 1 aromatic heterocycles. The number of carbonyl (C=O) groups is 2. The van der Waals surface area contributed by atoms with Gasteiger partial charge in [0, 0.05) is 17.8 Å². The molecular weight excluding hydrogens is 406 g/mol. The molecule has 1 atom stereocenters. The summed E-state index contributed by atoms with van der Waals surface area (Å²) in [5.74, 6) is -1.83. The van der Waals surface area contributed by atoms with E-state index in [1.165, 1.54) is 6.33 Å². The Bertz CT molecular complexity index is 995. The second kappa shape index (κ2) is 9.63. The topological polar surface area (TPSA) is 93.3 Å². The first-order valence-electron chi connectivity index (χ1n) is 9.69. The van der Waals surface area contributed by atoms with Crippen LogP contribution in [-0.4, -0.2) is 35.1 Å². The van der Waals surface area contributed by atoms with Crippen LogP contribution in [0, 0.1) is 0 Å². The Balaban J connectivity index is 1.90. The molecule has 3 rings (SSSR count). The third-order valence-electron chi connectivity index (χ3n) is 4.85. The molecular formula is C22H24ClN3O4. The lowest BCUT2D eigenvalue weighted by Crippen LogP contribution is -2.33. The summed E-state index contributed by atoms with van der Waals surface area (Å²) in [5, 5.41) is 3.28. The van der Waals surface area contributed by atoms with Crippen molar-refractivity contribution in [3.05, 3.63) is 75.6 Å². The van der Waals surface area contributed by atoms with Crippen LogP contribution in [0.4, 0.5) is 0 Å². The number of esters is 2. The van der Waals surface area contributed by atoms with E-state index in [9.17, 15) is 9.59 Å². The number of imidazole rings is 1. The van der Waals surface area contributed by atoms with Crippen molar-refractivity contribution < 1.29 is 19.1 Å². The zero-order valence-corrected chi connectivity index (χ0v) is 17.9. The Morgan fingerprint density at radius 3 is 2.27 bits per heavy atom. The molecule has 2 aromatic rings. The molecule has 0 spiro atoms. The normalized spacial score (nSPS) is 16.3. The van der Waals surface area contributed by atoms with Crippen LogP contribution in [0.25, 0.3) is 0 Å². The lowest BCUT2D eigenvalue weighted by molar-refractivity contribution is -0.139. The van der Waals surface area contributed by atoms with E-state index in [0.717, 1.165) is 5.56 Å². The first kappa shape index (κ1) is 21.6. The van der Waals surface area contributed by atoms with Crippen molar-refractivity contribution in [3.8, 4) is 0 Å². The molecule has 0 fully saturated rings. The fourth-order valence-corrected chi connectivity index (χ4v) is 3.72. The average Bonchev–Trinajstić information content (AvgIpc) is 3.13. The van der Waals surface area contributed by atoms with Gasteiger partial charge in [0.25, 0.3) is 0 Å². The third-order valence-corrected chi connectivity index (χ3v) is 5.15. The summed E-state index contributed by atoms with van der Waals surface area (Å²) in [7, 11) is 0. The van der Waals surface area contributed by atoms with Gasteiger partial charge in [-0.25, -0.2) is 14.6 Å². The van der Waals surface area contributed by atoms with Crippen LogP contribution in [-0.2, 0) is 25.5 Å². The summed E-state index contributed by atoms with van der Waals surface area (Å²) < 4.78 is 10.8. The zero-order valence-electron chi connectivity index (χ0n) is 17.1. The molecule has 0 bridgehead atoms. The molecule has 0 amide bonds. The van der Waals surface area contributed by atoms with Gasteiger partial charge in [0.1, 0.15) is 0 Å². The van der Waals surface area contributed by atoms with Crippen molar-refractivity contribution in [2.45, 2.75) is 33.1 Å². The smallest absolute Gasteiger partial charge is 0.336 e. The van der Waals surface area contributed by atoms with Crippen molar-refractivity contribution in [1.29, 1.82) is 0 Å². The molecule has 2 heterocycles. The lowest BCUT2D eigenvalue weighted by Gasteiger charge is -2.29. The van der Waals surface area contributed by atoms with E-state index in [-0.39, 0.29) is 18.4 Å². The van der Waals surface area contributed by atoms with Gasteiger partial charge in [0.05, 0.1) is 42.3 Å². The molecule has 30 heavy (non-hydrogen) atoms. The molecule has 1 aliphatic rings. The monoisotopic (exact) mass is 429 g/mol. The van der Waals surface area contributed by atoms with Gasteiger partial charge >= 0.3 is 11.9 Å².